The number of nitrogens with one attached hydrogen (secondary N) is 2. The Morgan fingerprint density at radius 1 is 1.40 bits per heavy atom. The minimum absolute atomic E-state index is 0.00379. The summed E-state index contributed by atoms with van der Waals surface area (Å²) in [4.78, 5) is 23.0. The van der Waals surface area contributed by atoms with E-state index in [2.05, 4.69) is 15.4 Å². The van der Waals surface area contributed by atoms with Gasteiger partial charge in [-0.15, -0.1) is 0 Å². The molecule has 1 fully saturated rings. The summed E-state index contributed by atoms with van der Waals surface area (Å²) in [5.74, 6) is -0.422. The molecule has 0 saturated carbocycles. The molecular formula is C10H18N2O3. The van der Waals surface area contributed by atoms with E-state index in [1.807, 2.05) is 13.8 Å². The molecule has 1 saturated heterocycles. The second kappa shape index (κ2) is 5.11. The van der Waals surface area contributed by atoms with Crippen LogP contribution in [-0.2, 0) is 14.3 Å². The Kier molecular flexibility index (Phi) is 4.08. The van der Waals surface area contributed by atoms with E-state index in [1.54, 1.807) is 0 Å². The summed E-state index contributed by atoms with van der Waals surface area (Å²) in [5.41, 5.74) is 0. The first-order chi connectivity index (χ1) is 7.06. The lowest BCUT2D eigenvalue weighted by Gasteiger charge is -2.28. The zero-order valence-corrected chi connectivity index (χ0v) is 9.37. The van der Waals surface area contributed by atoms with Crippen molar-refractivity contribution in [2.45, 2.75) is 19.9 Å². The molecule has 0 aliphatic carbocycles. The smallest absolute Gasteiger partial charge is 0.328 e. The molecule has 0 aromatic heterocycles. The number of rotatable bonds is 4. The van der Waals surface area contributed by atoms with Crippen molar-refractivity contribution < 1.29 is 14.3 Å². The van der Waals surface area contributed by atoms with Gasteiger partial charge in [0.1, 0.15) is 6.04 Å². The van der Waals surface area contributed by atoms with E-state index in [4.69, 9.17) is 0 Å². The summed E-state index contributed by atoms with van der Waals surface area (Å²) in [6.07, 6.45) is 0. The first kappa shape index (κ1) is 12.0. The Morgan fingerprint density at radius 3 is 2.33 bits per heavy atom. The van der Waals surface area contributed by atoms with Crippen molar-refractivity contribution in [3.05, 3.63) is 0 Å². The number of carbonyl (C=O) groups excluding carboxylic acids is 2. The quantitative estimate of drug-likeness (QED) is 0.620. The van der Waals surface area contributed by atoms with Crippen LogP contribution in [0.1, 0.15) is 13.8 Å². The van der Waals surface area contributed by atoms with Gasteiger partial charge in [0.05, 0.1) is 13.0 Å². The average molecular weight is 214 g/mol. The van der Waals surface area contributed by atoms with Gasteiger partial charge in [-0.1, -0.05) is 13.8 Å². The van der Waals surface area contributed by atoms with Gasteiger partial charge >= 0.3 is 5.97 Å². The summed E-state index contributed by atoms with van der Waals surface area (Å²) >= 11 is 0. The first-order valence-corrected chi connectivity index (χ1v) is 5.15. The Balaban J connectivity index is 2.49. The van der Waals surface area contributed by atoms with Crippen molar-refractivity contribution >= 4 is 11.9 Å². The molecule has 86 valence electrons. The summed E-state index contributed by atoms with van der Waals surface area (Å²) < 4.78 is 4.64. The average Bonchev–Trinajstić information content (AvgIpc) is 2.09. The van der Waals surface area contributed by atoms with Gasteiger partial charge in [-0.25, -0.2) is 4.79 Å². The van der Waals surface area contributed by atoms with Crippen LogP contribution in [0.25, 0.3) is 0 Å². The summed E-state index contributed by atoms with van der Waals surface area (Å²) in [6, 6.07) is -0.539. The van der Waals surface area contributed by atoms with E-state index in [0.717, 1.165) is 0 Å². The highest BCUT2D eigenvalue weighted by Gasteiger charge is 2.30. The summed E-state index contributed by atoms with van der Waals surface area (Å²) in [5, 5.41) is 5.73. The minimum Gasteiger partial charge on any atom is -0.467 e. The van der Waals surface area contributed by atoms with Gasteiger partial charge in [0, 0.05) is 13.1 Å². The molecular weight excluding hydrogens is 196 g/mol. The number of hydrogen-bond acceptors (Lipinski definition) is 4. The van der Waals surface area contributed by atoms with Crippen molar-refractivity contribution in [2.75, 3.05) is 20.2 Å². The molecule has 5 heteroatoms. The molecule has 1 aliphatic rings. The minimum atomic E-state index is -0.539. The van der Waals surface area contributed by atoms with Crippen LogP contribution in [-0.4, -0.2) is 38.1 Å². The van der Waals surface area contributed by atoms with E-state index >= 15 is 0 Å². The van der Waals surface area contributed by atoms with Crippen molar-refractivity contribution in [3.8, 4) is 0 Å². The van der Waals surface area contributed by atoms with E-state index in [9.17, 15) is 9.59 Å². The molecule has 0 aromatic rings. The first-order valence-electron chi connectivity index (χ1n) is 5.15. The molecule has 0 radical (unpaired) electrons. The van der Waals surface area contributed by atoms with Crippen LogP contribution in [0.2, 0.25) is 0 Å². The van der Waals surface area contributed by atoms with Gasteiger partial charge < -0.3 is 15.4 Å². The van der Waals surface area contributed by atoms with E-state index in [0.29, 0.717) is 13.1 Å². The Bertz CT molecular complexity index is 249. The Morgan fingerprint density at radius 2 is 2.00 bits per heavy atom. The fraction of sp³-hybridized carbons (Fsp3) is 0.800. The fourth-order valence-electron chi connectivity index (χ4n) is 1.37. The number of ether oxygens (including phenoxy) is 1. The van der Waals surface area contributed by atoms with Crippen LogP contribution in [0.3, 0.4) is 0 Å². The van der Waals surface area contributed by atoms with Crippen LogP contribution in [0.5, 0.6) is 0 Å². The second-order valence-electron chi connectivity index (χ2n) is 4.11. The maximum Gasteiger partial charge on any atom is 0.328 e. The third-order valence-electron chi connectivity index (χ3n) is 2.57. The lowest BCUT2D eigenvalue weighted by atomic mass is 9.99. The van der Waals surface area contributed by atoms with Gasteiger partial charge in [0.25, 0.3) is 0 Å². The third-order valence-corrected chi connectivity index (χ3v) is 2.57. The Labute approximate surface area is 89.6 Å². The highest BCUT2D eigenvalue weighted by atomic mass is 16.5. The normalized spacial score (nSPS) is 18.1. The Hall–Kier alpha value is -1.10. The predicted octanol–water partition coefficient (Wildman–Crippen LogP) is -0.480. The van der Waals surface area contributed by atoms with E-state index in [-0.39, 0.29) is 23.7 Å². The number of carbonyl (C=O) groups is 2. The van der Waals surface area contributed by atoms with Crippen molar-refractivity contribution in [1.82, 2.24) is 10.6 Å². The molecule has 1 heterocycles. The maximum atomic E-state index is 11.6. The number of amides is 1. The SMILES string of the molecule is COC(=O)C(NC(=O)C1CNC1)C(C)C. The lowest BCUT2D eigenvalue weighted by Crippen LogP contribution is -2.55. The largest absolute Gasteiger partial charge is 0.467 e. The highest BCUT2D eigenvalue weighted by molar-refractivity contribution is 5.86. The van der Waals surface area contributed by atoms with Crippen LogP contribution >= 0.6 is 0 Å². The molecule has 0 aromatic carbocycles. The van der Waals surface area contributed by atoms with Crippen molar-refractivity contribution in [1.29, 1.82) is 0 Å². The van der Waals surface area contributed by atoms with E-state index in [1.165, 1.54) is 7.11 Å². The number of methoxy groups -OCH3 is 1. The highest BCUT2D eigenvalue weighted by Crippen LogP contribution is 2.07. The molecule has 2 N–H and O–H groups in total. The molecule has 1 atom stereocenters. The molecule has 1 aliphatic heterocycles. The standard InChI is InChI=1S/C10H18N2O3/c1-6(2)8(10(14)15-3)12-9(13)7-4-11-5-7/h6-8,11H,4-5H2,1-3H3,(H,12,13). The second-order valence-corrected chi connectivity index (χ2v) is 4.11. The molecule has 5 nitrogen and oxygen atoms in total. The maximum absolute atomic E-state index is 11.6. The number of hydrogen-bond donors (Lipinski definition) is 2. The molecule has 1 rings (SSSR count). The van der Waals surface area contributed by atoms with Crippen LogP contribution in [0.4, 0.5) is 0 Å². The third kappa shape index (κ3) is 2.92. The zero-order chi connectivity index (χ0) is 11.4. The van der Waals surface area contributed by atoms with Gasteiger partial charge in [0.15, 0.2) is 0 Å². The zero-order valence-electron chi connectivity index (χ0n) is 9.37. The lowest BCUT2D eigenvalue weighted by molar-refractivity contribution is -0.147. The van der Waals surface area contributed by atoms with Crippen LogP contribution in [0.15, 0.2) is 0 Å². The van der Waals surface area contributed by atoms with Gasteiger partial charge in [0.2, 0.25) is 5.91 Å². The number of esters is 1. The molecule has 0 spiro atoms. The summed E-state index contributed by atoms with van der Waals surface area (Å²) in [6.45, 7) is 5.14. The molecule has 15 heavy (non-hydrogen) atoms. The van der Waals surface area contributed by atoms with Gasteiger partial charge in [-0.3, -0.25) is 4.79 Å². The van der Waals surface area contributed by atoms with Crippen LogP contribution in [0, 0.1) is 11.8 Å². The van der Waals surface area contributed by atoms with Crippen LogP contribution < -0.4 is 10.6 Å². The fourth-order valence-corrected chi connectivity index (χ4v) is 1.37. The topological polar surface area (TPSA) is 67.4 Å². The van der Waals surface area contributed by atoms with Crippen molar-refractivity contribution in [3.63, 3.8) is 0 Å². The summed E-state index contributed by atoms with van der Waals surface area (Å²) in [7, 11) is 1.33. The van der Waals surface area contributed by atoms with E-state index < -0.39 is 6.04 Å². The molecule has 1 amide bonds. The van der Waals surface area contributed by atoms with Gasteiger partial charge in [-0.05, 0) is 5.92 Å². The molecule has 0 bridgehead atoms. The van der Waals surface area contributed by atoms with Crippen molar-refractivity contribution in [2.24, 2.45) is 11.8 Å². The monoisotopic (exact) mass is 214 g/mol. The van der Waals surface area contributed by atoms with Gasteiger partial charge in [-0.2, -0.15) is 0 Å². The molecule has 1 unspecified atom stereocenters. The predicted molar refractivity (Wildman–Crippen MR) is 55.1 cm³/mol.